The summed E-state index contributed by atoms with van der Waals surface area (Å²) >= 11 is 0. The largest absolute Gasteiger partial charge is 0.445 e. The maximum atomic E-state index is 13.3. The van der Waals surface area contributed by atoms with Gasteiger partial charge in [-0.3, -0.25) is 30.3 Å². The van der Waals surface area contributed by atoms with Gasteiger partial charge in [0.2, 0.25) is 0 Å². The first-order chi connectivity index (χ1) is 33.4. The van der Waals surface area contributed by atoms with Gasteiger partial charge in [-0.1, -0.05) is 127 Å². The Morgan fingerprint density at radius 3 is 0.843 bits per heavy atom. The van der Waals surface area contributed by atoms with Gasteiger partial charge in [0.05, 0.1) is 0 Å². The fourth-order valence-electron chi connectivity index (χ4n) is 6.72. The molecule has 0 radical (unpaired) electrons. The molecule has 0 fully saturated rings. The third kappa shape index (κ3) is 14.7. The topological polar surface area (TPSA) is 280 Å². The van der Waals surface area contributed by atoms with Crippen molar-refractivity contribution in [1.82, 2.24) is 16.0 Å². The third-order valence-corrected chi connectivity index (χ3v) is 10.6. The van der Waals surface area contributed by atoms with Crippen LogP contribution in [0, 0.1) is 0 Å². The molecule has 0 aliphatic carbocycles. The molecule has 70 heavy (non-hydrogen) atoms. The van der Waals surface area contributed by atoms with Crippen molar-refractivity contribution in [3.05, 3.63) is 197 Å². The second-order valence-corrected chi connectivity index (χ2v) is 16.8. The normalized spacial score (nSPS) is 13.4. The summed E-state index contributed by atoms with van der Waals surface area (Å²) in [6.45, 7) is 3.97. The number of ether oxygens (including phenoxy) is 3. The van der Waals surface area contributed by atoms with Gasteiger partial charge in [0.15, 0.2) is 17.0 Å². The molecule has 18 nitrogen and oxygen atoms in total. The molecule has 0 aliphatic rings. The summed E-state index contributed by atoms with van der Waals surface area (Å²) in [5, 5.41) is 15.4. The lowest BCUT2D eigenvalue weighted by atomic mass is 9.85. The van der Waals surface area contributed by atoms with Crippen LogP contribution in [-0.2, 0) is 48.4 Å². The number of alkyl carbamates (subject to hydrolysis) is 3. The molecule has 3 atom stereocenters. The van der Waals surface area contributed by atoms with Gasteiger partial charge in [0.25, 0.3) is 17.7 Å². The number of carbonyl (C=O) groups excluding carboxylic acids is 6. The number of amides is 6. The average molecular weight is 950 g/mol. The summed E-state index contributed by atoms with van der Waals surface area (Å²) < 4.78 is 15.7. The van der Waals surface area contributed by atoms with Crippen LogP contribution < -0.4 is 49.1 Å². The maximum Gasteiger partial charge on any atom is 0.409 e. The number of anilines is 3. The Kier molecular flexibility index (Phi) is 16.7. The Morgan fingerprint density at radius 1 is 0.386 bits per heavy atom. The first-order valence-corrected chi connectivity index (χ1v) is 21.9. The van der Waals surface area contributed by atoms with Crippen molar-refractivity contribution < 1.29 is 43.0 Å². The standard InChI is InChI=1S/C52H55N9O9/c1-50(53,59-47(65)68-31-34-13-7-4-8-14-34)44(62)56-40-25-19-37(20-26-40)43(38-21-27-41(28-22-38)57-45(63)51(2,54)60-48(66)69-32-35-15-9-5-10-16-35)39-23-29-42(30-24-39)58-46(64)52(3,55)61-49(67)70-33-36-17-11-6-12-18-36/h4-30,43H,31-33,53-55H2,1-3H3,(H,56,62)(H,57,63)(H,58,64)(H,59,65)(H,60,66)(H,61,67)/t50-,51-,52-/m1/s1. The Bertz CT molecular complexity index is 2440. The fraction of sp³-hybridized carbons (Fsp3) is 0.192. The van der Waals surface area contributed by atoms with Crippen molar-refractivity contribution in [1.29, 1.82) is 0 Å². The fourth-order valence-corrected chi connectivity index (χ4v) is 6.72. The van der Waals surface area contributed by atoms with Gasteiger partial charge >= 0.3 is 18.3 Å². The predicted octanol–water partition coefficient (Wildman–Crippen LogP) is 6.49. The number of hydrogen-bond donors (Lipinski definition) is 9. The molecule has 0 aromatic heterocycles. The number of hydrogen-bond acceptors (Lipinski definition) is 12. The SMILES string of the molecule is C[C@@](N)(NC(=O)OCc1ccccc1)C(=O)Nc1ccc(C(c2ccc(NC(=O)[C@](C)(N)NC(=O)OCc3ccccc3)cc2)c2ccc(NC(=O)[C@](C)(N)NC(=O)OCc3ccccc3)cc2)cc1. The average Bonchev–Trinajstić information content (AvgIpc) is 3.34. The van der Waals surface area contributed by atoms with Crippen LogP contribution in [0.15, 0.2) is 164 Å². The number of rotatable bonds is 18. The molecule has 18 heteroatoms. The van der Waals surface area contributed by atoms with Gasteiger partial charge < -0.3 is 47.4 Å². The molecule has 0 bridgehead atoms. The lowest BCUT2D eigenvalue weighted by molar-refractivity contribution is -0.122. The molecule has 0 heterocycles. The minimum absolute atomic E-state index is 0.0151. The summed E-state index contributed by atoms with van der Waals surface area (Å²) in [4.78, 5) is 77.4. The van der Waals surface area contributed by atoms with Crippen LogP contribution in [0.5, 0.6) is 0 Å². The summed E-state index contributed by atoms with van der Waals surface area (Å²) in [6, 6.07) is 47.9. The van der Waals surface area contributed by atoms with Crippen LogP contribution in [0.4, 0.5) is 31.4 Å². The Morgan fingerprint density at radius 2 is 0.614 bits per heavy atom. The van der Waals surface area contributed by atoms with Gasteiger partial charge in [0, 0.05) is 23.0 Å². The summed E-state index contributed by atoms with van der Waals surface area (Å²) in [5.74, 6) is -2.57. The van der Waals surface area contributed by atoms with E-state index in [1.165, 1.54) is 20.8 Å². The molecule has 12 N–H and O–H groups in total. The van der Waals surface area contributed by atoms with E-state index in [1.807, 2.05) is 54.6 Å². The van der Waals surface area contributed by atoms with Crippen LogP contribution in [0.25, 0.3) is 0 Å². The molecular weight excluding hydrogens is 895 g/mol. The molecule has 362 valence electrons. The van der Waals surface area contributed by atoms with Crippen LogP contribution in [0.2, 0.25) is 0 Å². The first-order valence-electron chi connectivity index (χ1n) is 21.9. The monoisotopic (exact) mass is 949 g/mol. The van der Waals surface area contributed by atoms with E-state index in [0.717, 1.165) is 33.4 Å². The molecule has 6 rings (SSSR count). The number of nitrogens with one attached hydrogen (secondary N) is 6. The van der Waals surface area contributed by atoms with Crippen molar-refractivity contribution >= 4 is 53.1 Å². The van der Waals surface area contributed by atoms with Crippen molar-refractivity contribution in [2.24, 2.45) is 17.2 Å². The molecular formula is C52H55N9O9. The van der Waals surface area contributed by atoms with E-state index in [4.69, 9.17) is 31.4 Å². The van der Waals surface area contributed by atoms with Crippen molar-refractivity contribution in [3.63, 3.8) is 0 Å². The predicted molar refractivity (Wildman–Crippen MR) is 263 cm³/mol. The van der Waals surface area contributed by atoms with Gasteiger partial charge in [-0.25, -0.2) is 14.4 Å². The van der Waals surface area contributed by atoms with Crippen molar-refractivity contribution in [2.75, 3.05) is 16.0 Å². The van der Waals surface area contributed by atoms with E-state index in [9.17, 15) is 28.8 Å². The lowest BCUT2D eigenvalue weighted by Gasteiger charge is -2.25. The number of carbonyl (C=O) groups is 6. The maximum absolute atomic E-state index is 13.3. The molecule has 6 amide bonds. The van der Waals surface area contributed by atoms with Crippen LogP contribution >= 0.6 is 0 Å². The van der Waals surface area contributed by atoms with E-state index in [1.54, 1.807) is 109 Å². The molecule has 0 saturated carbocycles. The molecule has 0 spiro atoms. The van der Waals surface area contributed by atoms with Crippen molar-refractivity contribution in [3.8, 4) is 0 Å². The van der Waals surface area contributed by atoms with Gasteiger partial charge in [-0.15, -0.1) is 0 Å². The Labute approximate surface area is 404 Å². The van der Waals surface area contributed by atoms with Crippen molar-refractivity contribution in [2.45, 2.75) is 63.5 Å². The third-order valence-electron chi connectivity index (χ3n) is 10.6. The van der Waals surface area contributed by atoms with Gasteiger partial charge in [0.1, 0.15) is 19.8 Å². The number of nitrogens with two attached hydrogens (primary N) is 3. The van der Waals surface area contributed by atoms with Crippen LogP contribution in [0.1, 0.15) is 60.1 Å². The van der Waals surface area contributed by atoms with Gasteiger partial charge in [-0.2, -0.15) is 0 Å². The molecule has 6 aromatic carbocycles. The van der Waals surface area contributed by atoms with E-state index in [0.29, 0.717) is 17.1 Å². The molecule has 6 aromatic rings. The number of benzene rings is 6. The van der Waals surface area contributed by atoms with E-state index in [2.05, 4.69) is 31.9 Å². The highest BCUT2D eigenvalue weighted by Gasteiger charge is 2.34. The highest BCUT2D eigenvalue weighted by Crippen LogP contribution is 2.34. The lowest BCUT2D eigenvalue weighted by Crippen LogP contribution is -2.61. The molecule has 0 aliphatic heterocycles. The van der Waals surface area contributed by atoms with E-state index < -0.39 is 58.9 Å². The minimum atomic E-state index is -1.84. The zero-order valence-electron chi connectivity index (χ0n) is 38.7. The van der Waals surface area contributed by atoms with E-state index in [-0.39, 0.29) is 19.8 Å². The highest BCUT2D eigenvalue weighted by molar-refractivity contribution is 6.00. The summed E-state index contributed by atoms with van der Waals surface area (Å²) in [6.07, 6.45) is -2.63. The second-order valence-electron chi connectivity index (χ2n) is 16.8. The smallest absolute Gasteiger partial charge is 0.409 e. The second kappa shape index (κ2) is 22.9. The Balaban J connectivity index is 1.15. The van der Waals surface area contributed by atoms with E-state index >= 15 is 0 Å². The van der Waals surface area contributed by atoms with Crippen LogP contribution in [-0.4, -0.2) is 53.0 Å². The zero-order valence-corrected chi connectivity index (χ0v) is 38.7. The summed E-state index contributed by atoms with van der Waals surface area (Å²) in [5.41, 5.74) is 18.8. The minimum Gasteiger partial charge on any atom is -0.445 e. The molecule has 0 unspecified atom stereocenters. The van der Waals surface area contributed by atoms with Crippen LogP contribution in [0.3, 0.4) is 0 Å². The first kappa shape index (κ1) is 50.8. The highest BCUT2D eigenvalue weighted by atomic mass is 16.6. The van der Waals surface area contributed by atoms with Gasteiger partial charge in [-0.05, 0) is 90.6 Å². The Hall–Kier alpha value is -8.58. The quantitative estimate of drug-likeness (QED) is 0.0254. The zero-order chi connectivity index (χ0) is 50.3. The summed E-state index contributed by atoms with van der Waals surface area (Å²) in [7, 11) is 0. The molecule has 0 saturated heterocycles.